The summed E-state index contributed by atoms with van der Waals surface area (Å²) in [4.78, 5) is 11.7. The maximum Gasteiger partial charge on any atom is 0.328 e. The van der Waals surface area contributed by atoms with E-state index in [9.17, 15) is 9.90 Å². The molecule has 0 heterocycles. The third kappa shape index (κ3) is 2.88. The summed E-state index contributed by atoms with van der Waals surface area (Å²) < 4.78 is 10.5. The maximum atomic E-state index is 11.7. The number of hydrogen-bond acceptors (Lipinski definition) is 4. The van der Waals surface area contributed by atoms with Crippen LogP contribution in [0.4, 0.5) is 0 Å². The lowest BCUT2D eigenvalue weighted by Gasteiger charge is -2.28. The molecule has 0 amide bonds. The number of carboxylic acids is 1. The van der Waals surface area contributed by atoms with E-state index in [0.29, 0.717) is 29.5 Å². The first kappa shape index (κ1) is 14.7. The Morgan fingerprint density at radius 2 is 2.10 bits per heavy atom. The van der Waals surface area contributed by atoms with Gasteiger partial charge in [-0.2, -0.15) is 0 Å². The Morgan fingerprint density at radius 1 is 1.40 bits per heavy atom. The molecule has 0 aliphatic heterocycles. The van der Waals surface area contributed by atoms with Gasteiger partial charge in [-0.15, -0.1) is 0 Å². The first-order chi connectivity index (χ1) is 9.51. The number of nitrogens with one attached hydrogen (secondary N) is 1. The van der Waals surface area contributed by atoms with Crippen molar-refractivity contribution >= 4 is 5.97 Å². The molecule has 0 bridgehead atoms. The van der Waals surface area contributed by atoms with E-state index in [1.807, 2.05) is 0 Å². The summed E-state index contributed by atoms with van der Waals surface area (Å²) in [5, 5.41) is 12.8. The van der Waals surface area contributed by atoms with Crippen molar-refractivity contribution < 1.29 is 19.4 Å². The Balaban J connectivity index is 2.33. The van der Waals surface area contributed by atoms with Gasteiger partial charge in [-0.1, -0.05) is 0 Å². The van der Waals surface area contributed by atoms with Crippen molar-refractivity contribution in [3.63, 3.8) is 0 Å². The number of benzene rings is 1. The predicted molar refractivity (Wildman–Crippen MR) is 75.3 cm³/mol. The quantitative estimate of drug-likeness (QED) is 0.799. The lowest BCUT2D eigenvalue weighted by molar-refractivity contribution is -0.144. The van der Waals surface area contributed by atoms with Crippen LogP contribution in [0.5, 0.6) is 11.5 Å². The summed E-state index contributed by atoms with van der Waals surface area (Å²) in [6.45, 7) is 2.38. The molecule has 5 nitrogen and oxygen atoms in total. The molecule has 1 unspecified atom stereocenters. The van der Waals surface area contributed by atoms with Crippen molar-refractivity contribution in [2.75, 3.05) is 20.8 Å². The molecule has 1 aliphatic rings. The van der Waals surface area contributed by atoms with Crippen molar-refractivity contribution in [3.8, 4) is 11.5 Å². The molecule has 1 atom stereocenters. The van der Waals surface area contributed by atoms with E-state index >= 15 is 0 Å². The van der Waals surface area contributed by atoms with Crippen LogP contribution in [-0.2, 0) is 10.3 Å². The molecule has 2 rings (SSSR count). The highest BCUT2D eigenvalue weighted by Crippen LogP contribution is 2.35. The highest BCUT2D eigenvalue weighted by molar-refractivity contribution is 5.81. The van der Waals surface area contributed by atoms with Gasteiger partial charge in [-0.05, 0) is 44.4 Å². The SMILES string of the molecule is COc1ccc(C(C)(NCC2CC2)C(=O)O)c(OC)c1. The molecule has 1 saturated carbocycles. The van der Waals surface area contributed by atoms with Gasteiger partial charge in [0.1, 0.15) is 17.0 Å². The molecule has 1 aromatic rings. The highest BCUT2D eigenvalue weighted by Gasteiger charge is 2.39. The van der Waals surface area contributed by atoms with E-state index in [1.54, 1.807) is 32.2 Å². The average Bonchev–Trinajstić information content (AvgIpc) is 3.28. The van der Waals surface area contributed by atoms with Crippen LogP contribution in [0.1, 0.15) is 25.3 Å². The lowest BCUT2D eigenvalue weighted by Crippen LogP contribution is -2.47. The first-order valence-corrected chi connectivity index (χ1v) is 6.72. The van der Waals surface area contributed by atoms with Crippen LogP contribution in [0.3, 0.4) is 0 Å². The smallest absolute Gasteiger partial charge is 0.328 e. The second kappa shape index (κ2) is 5.71. The van der Waals surface area contributed by atoms with Gasteiger partial charge in [0.15, 0.2) is 0 Å². The Morgan fingerprint density at radius 3 is 2.60 bits per heavy atom. The van der Waals surface area contributed by atoms with Crippen LogP contribution in [0, 0.1) is 5.92 Å². The normalized spacial score (nSPS) is 17.4. The number of carbonyl (C=O) groups is 1. The minimum atomic E-state index is -1.17. The molecule has 1 fully saturated rings. The number of rotatable bonds is 7. The summed E-state index contributed by atoms with van der Waals surface area (Å²) in [5.41, 5.74) is -0.561. The van der Waals surface area contributed by atoms with Crippen LogP contribution in [0.2, 0.25) is 0 Å². The van der Waals surface area contributed by atoms with E-state index < -0.39 is 11.5 Å². The van der Waals surface area contributed by atoms with Crippen molar-refractivity contribution in [1.82, 2.24) is 5.32 Å². The van der Waals surface area contributed by atoms with Gasteiger partial charge in [0.25, 0.3) is 0 Å². The molecular weight excluding hydrogens is 258 g/mol. The summed E-state index contributed by atoms with van der Waals surface area (Å²) in [7, 11) is 3.09. The van der Waals surface area contributed by atoms with Gasteiger partial charge in [0.2, 0.25) is 0 Å². The molecule has 1 aromatic carbocycles. The van der Waals surface area contributed by atoms with Crippen LogP contribution < -0.4 is 14.8 Å². The van der Waals surface area contributed by atoms with Crippen molar-refractivity contribution in [1.29, 1.82) is 0 Å². The molecule has 0 spiro atoms. The minimum Gasteiger partial charge on any atom is -0.497 e. The van der Waals surface area contributed by atoms with E-state index in [4.69, 9.17) is 9.47 Å². The second-order valence-corrected chi connectivity index (χ2v) is 5.32. The summed E-state index contributed by atoms with van der Waals surface area (Å²) in [6, 6.07) is 5.19. The molecular formula is C15H21NO4. The first-order valence-electron chi connectivity index (χ1n) is 6.72. The van der Waals surface area contributed by atoms with E-state index in [-0.39, 0.29) is 0 Å². The highest BCUT2D eigenvalue weighted by atomic mass is 16.5. The van der Waals surface area contributed by atoms with Crippen LogP contribution >= 0.6 is 0 Å². The predicted octanol–water partition coefficient (Wildman–Crippen LogP) is 2.00. The van der Waals surface area contributed by atoms with Crippen LogP contribution in [-0.4, -0.2) is 31.8 Å². The lowest BCUT2D eigenvalue weighted by atomic mass is 9.90. The van der Waals surface area contributed by atoms with Gasteiger partial charge >= 0.3 is 5.97 Å². The molecule has 110 valence electrons. The zero-order valence-corrected chi connectivity index (χ0v) is 12.1. The molecule has 0 radical (unpaired) electrons. The third-order valence-corrected chi connectivity index (χ3v) is 3.82. The van der Waals surface area contributed by atoms with Gasteiger partial charge in [0, 0.05) is 11.6 Å². The van der Waals surface area contributed by atoms with Crippen molar-refractivity contribution in [2.24, 2.45) is 5.92 Å². The standard InChI is InChI=1S/C15H21NO4/c1-15(14(17)18,16-9-10-4-5-10)12-7-6-11(19-2)8-13(12)20-3/h6-8,10,16H,4-5,9H2,1-3H3,(H,17,18). The molecule has 2 N–H and O–H groups in total. The van der Waals surface area contributed by atoms with E-state index in [0.717, 1.165) is 0 Å². The molecule has 1 aliphatic carbocycles. The topological polar surface area (TPSA) is 67.8 Å². The van der Waals surface area contributed by atoms with E-state index in [2.05, 4.69) is 5.32 Å². The fraction of sp³-hybridized carbons (Fsp3) is 0.533. The van der Waals surface area contributed by atoms with Gasteiger partial charge in [-0.3, -0.25) is 5.32 Å². The Bertz CT molecular complexity index is 499. The molecule has 20 heavy (non-hydrogen) atoms. The fourth-order valence-corrected chi connectivity index (χ4v) is 2.17. The fourth-order valence-electron chi connectivity index (χ4n) is 2.17. The number of hydrogen-bond donors (Lipinski definition) is 2. The largest absolute Gasteiger partial charge is 0.497 e. The van der Waals surface area contributed by atoms with Crippen LogP contribution in [0.15, 0.2) is 18.2 Å². The molecule has 0 aromatic heterocycles. The van der Waals surface area contributed by atoms with Gasteiger partial charge in [-0.25, -0.2) is 4.79 Å². The zero-order valence-electron chi connectivity index (χ0n) is 12.1. The molecule has 5 heteroatoms. The number of ether oxygens (including phenoxy) is 2. The number of aliphatic carboxylic acids is 1. The monoisotopic (exact) mass is 279 g/mol. The zero-order chi connectivity index (χ0) is 14.8. The van der Waals surface area contributed by atoms with Gasteiger partial charge in [0.05, 0.1) is 14.2 Å². The summed E-state index contributed by atoms with van der Waals surface area (Å²) in [6.07, 6.45) is 2.34. The van der Waals surface area contributed by atoms with E-state index in [1.165, 1.54) is 20.0 Å². The Hall–Kier alpha value is -1.75. The summed E-state index contributed by atoms with van der Waals surface area (Å²) >= 11 is 0. The second-order valence-electron chi connectivity index (χ2n) is 5.32. The van der Waals surface area contributed by atoms with Crippen molar-refractivity contribution in [3.05, 3.63) is 23.8 Å². The van der Waals surface area contributed by atoms with Gasteiger partial charge < -0.3 is 14.6 Å². The number of carboxylic acid groups (broad SMARTS) is 1. The number of methoxy groups -OCH3 is 2. The minimum absolute atomic E-state index is 0.512. The van der Waals surface area contributed by atoms with Crippen LogP contribution in [0.25, 0.3) is 0 Å². The Labute approximate surface area is 118 Å². The Kier molecular flexibility index (Phi) is 4.18. The third-order valence-electron chi connectivity index (χ3n) is 3.82. The average molecular weight is 279 g/mol. The summed E-state index contributed by atoms with van der Waals surface area (Å²) in [5.74, 6) is 0.831. The van der Waals surface area contributed by atoms with Crippen molar-refractivity contribution in [2.45, 2.75) is 25.3 Å². The maximum absolute atomic E-state index is 11.7. The molecule has 0 saturated heterocycles.